The number of H-pyrrole nitrogens is 1. The fourth-order valence-electron chi connectivity index (χ4n) is 3.96. The van der Waals surface area contributed by atoms with Crippen molar-refractivity contribution < 1.29 is 13.2 Å². The Hall–Kier alpha value is -2.61. The van der Waals surface area contributed by atoms with Crippen molar-refractivity contribution >= 4 is 16.9 Å². The van der Waals surface area contributed by atoms with Gasteiger partial charge in [0.1, 0.15) is 5.56 Å². The molecule has 2 heterocycles. The van der Waals surface area contributed by atoms with E-state index in [-0.39, 0.29) is 23.2 Å². The molecule has 0 unspecified atom stereocenters. The Morgan fingerprint density at radius 3 is 2.82 bits per heavy atom. The molecule has 1 aliphatic rings. The molecule has 1 fully saturated rings. The Labute approximate surface area is 160 Å². The number of benzene rings is 1. The molecule has 0 aliphatic heterocycles. The van der Waals surface area contributed by atoms with E-state index in [0.29, 0.717) is 10.9 Å². The summed E-state index contributed by atoms with van der Waals surface area (Å²) < 4.78 is 40.8. The van der Waals surface area contributed by atoms with Crippen LogP contribution in [0.5, 0.6) is 0 Å². The second kappa shape index (κ2) is 6.77. The van der Waals surface area contributed by atoms with E-state index in [9.17, 15) is 13.2 Å². The van der Waals surface area contributed by atoms with E-state index >= 15 is 0 Å². The summed E-state index contributed by atoms with van der Waals surface area (Å²) in [5.74, 6) is 0.191. The predicted molar refractivity (Wildman–Crippen MR) is 103 cm³/mol. The molecule has 0 saturated heterocycles. The van der Waals surface area contributed by atoms with Gasteiger partial charge in [-0.1, -0.05) is 18.2 Å². The highest BCUT2D eigenvalue weighted by molar-refractivity contribution is 5.95. The van der Waals surface area contributed by atoms with Crippen LogP contribution in [0.3, 0.4) is 0 Å². The zero-order valence-electron chi connectivity index (χ0n) is 15.5. The Morgan fingerprint density at radius 2 is 2.07 bits per heavy atom. The molecular weight excluding hydrogens is 367 g/mol. The van der Waals surface area contributed by atoms with Gasteiger partial charge in [-0.15, -0.1) is 0 Å². The van der Waals surface area contributed by atoms with Crippen molar-refractivity contribution in [2.75, 3.05) is 5.32 Å². The van der Waals surface area contributed by atoms with Crippen molar-refractivity contribution in [3.63, 3.8) is 0 Å². The second-order valence-corrected chi connectivity index (χ2v) is 7.79. The number of hydrogen-bond acceptors (Lipinski definition) is 4. The van der Waals surface area contributed by atoms with E-state index in [4.69, 9.17) is 5.73 Å². The van der Waals surface area contributed by atoms with Gasteiger partial charge in [0.05, 0.1) is 5.69 Å². The van der Waals surface area contributed by atoms with E-state index in [1.807, 2.05) is 19.1 Å². The molecule has 4 rings (SSSR count). The average molecular weight is 389 g/mol. The van der Waals surface area contributed by atoms with Crippen LogP contribution < -0.4 is 11.1 Å². The summed E-state index contributed by atoms with van der Waals surface area (Å²) in [6.45, 7) is 1.99. The van der Waals surface area contributed by atoms with Crippen molar-refractivity contribution in [1.82, 2.24) is 15.0 Å². The SMILES string of the molecule is C[C@]1(N)CCC[C@@H](Nc2ncc(C(F)(F)F)c(-c3c[nH]c4ccccc34)n2)C1. The number of anilines is 1. The monoisotopic (exact) mass is 389 g/mol. The van der Waals surface area contributed by atoms with Crippen LogP contribution >= 0.6 is 0 Å². The molecule has 0 radical (unpaired) electrons. The highest BCUT2D eigenvalue weighted by Gasteiger charge is 2.36. The van der Waals surface area contributed by atoms with Crippen LogP contribution in [0.2, 0.25) is 0 Å². The maximum atomic E-state index is 13.6. The number of nitrogens with zero attached hydrogens (tertiary/aromatic N) is 2. The van der Waals surface area contributed by atoms with E-state index in [0.717, 1.165) is 37.4 Å². The van der Waals surface area contributed by atoms with Gasteiger partial charge in [-0.2, -0.15) is 13.2 Å². The molecule has 0 bridgehead atoms. The Morgan fingerprint density at radius 1 is 1.29 bits per heavy atom. The van der Waals surface area contributed by atoms with E-state index in [1.165, 1.54) is 0 Å². The van der Waals surface area contributed by atoms with Crippen LogP contribution in [-0.2, 0) is 6.18 Å². The zero-order chi connectivity index (χ0) is 19.9. The van der Waals surface area contributed by atoms with Gasteiger partial charge in [-0.3, -0.25) is 0 Å². The first-order valence-corrected chi connectivity index (χ1v) is 9.29. The smallest absolute Gasteiger partial charge is 0.360 e. The van der Waals surface area contributed by atoms with Crippen LogP contribution in [0.15, 0.2) is 36.7 Å². The number of fused-ring (bicyclic) bond motifs is 1. The van der Waals surface area contributed by atoms with Gasteiger partial charge in [-0.25, -0.2) is 9.97 Å². The molecule has 8 heteroatoms. The first-order valence-electron chi connectivity index (χ1n) is 9.29. The van der Waals surface area contributed by atoms with Gasteiger partial charge in [0, 0.05) is 40.4 Å². The quantitative estimate of drug-likeness (QED) is 0.606. The largest absolute Gasteiger partial charge is 0.419 e. The van der Waals surface area contributed by atoms with Crippen molar-refractivity contribution in [2.45, 2.75) is 50.4 Å². The lowest BCUT2D eigenvalue weighted by molar-refractivity contribution is -0.137. The lowest BCUT2D eigenvalue weighted by Gasteiger charge is -2.35. The number of rotatable bonds is 3. The Balaban J connectivity index is 1.74. The molecule has 1 aromatic carbocycles. The number of alkyl halides is 3. The fraction of sp³-hybridized carbons (Fsp3) is 0.400. The molecule has 0 spiro atoms. The summed E-state index contributed by atoms with van der Waals surface area (Å²) in [6, 6.07) is 7.25. The first kappa shape index (κ1) is 18.7. The third-order valence-electron chi connectivity index (χ3n) is 5.28. The lowest BCUT2D eigenvalue weighted by atomic mass is 9.81. The maximum absolute atomic E-state index is 13.6. The van der Waals surface area contributed by atoms with Gasteiger partial charge in [0.15, 0.2) is 0 Å². The van der Waals surface area contributed by atoms with Crippen molar-refractivity contribution in [2.24, 2.45) is 5.73 Å². The summed E-state index contributed by atoms with van der Waals surface area (Å²) in [6.07, 6.45) is 1.37. The van der Waals surface area contributed by atoms with Crippen LogP contribution in [0.25, 0.3) is 22.2 Å². The highest BCUT2D eigenvalue weighted by Crippen LogP contribution is 2.38. The molecule has 0 amide bonds. The molecule has 3 aromatic rings. The molecule has 1 saturated carbocycles. The predicted octanol–water partition coefficient (Wildman–Crippen LogP) is 4.72. The number of nitrogens with one attached hydrogen (secondary N) is 2. The minimum atomic E-state index is -4.55. The summed E-state index contributed by atoms with van der Waals surface area (Å²) in [5.41, 5.74) is 6.12. The third kappa shape index (κ3) is 3.69. The Bertz CT molecular complexity index is 993. The minimum Gasteiger partial charge on any atom is -0.360 e. The second-order valence-electron chi connectivity index (χ2n) is 7.79. The number of para-hydroxylation sites is 1. The van der Waals surface area contributed by atoms with Gasteiger partial charge in [-0.05, 0) is 38.7 Å². The molecule has 2 aromatic heterocycles. The fourth-order valence-corrected chi connectivity index (χ4v) is 3.96. The van der Waals surface area contributed by atoms with Crippen LogP contribution in [0.4, 0.5) is 19.1 Å². The summed E-state index contributed by atoms with van der Waals surface area (Å²) in [5, 5.41) is 3.87. The minimum absolute atomic E-state index is 0.0382. The van der Waals surface area contributed by atoms with Gasteiger partial charge < -0.3 is 16.0 Å². The molecule has 28 heavy (non-hydrogen) atoms. The summed E-state index contributed by atoms with van der Waals surface area (Å²) >= 11 is 0. The number of aromatic nitrogens is 3. The number of nitrogens with two attached hydrogens (primary N) is 1. The standard InChI is InChI=1S/C20H22F3N5/c1-19(24)8-4-5-12(9-19)27-18-26-11-15(20(21,22)23)17(28-18)14-10-25-16-7-3-2-6-13(14)16/h2-3,6-7,10-12,25H,4-5,8-9,24H2,1H3,(H,26,27,28)/t12-,19+/m1/s1. The summed E-state index contributed by atoms with van der Waals surface area (Å²) in [4.78, 5) is 11.2. The number of hydrogen-bond donors (Lipinski definition) is 3. The van der Waals surface area contributed by atoms with Crippen molar-refractivity contribution in [1.29, 1.82) is 0 Å². The van der Waals surface area contributed by atoms with Gasteiger partial charge in [0.2, 0.25) is 5.95 Å². The highest BCUT2D eigenvalue weighted by atomic mass is 19.4. The van der Waals surface area contributed by atoms with Gasteiger partial charge in [0.25, 0.3) is 0 Å². The normalized spacial score (nSPS) is 23.1. The molecule has 5 nitrogen and oxygen atoms in total. The van der Waals surface area contributed by atoms with E-state index in [1.54, 1.807) is 18.3 Å². The number of aromatic amines is 1. The average Bonchev–Trinajstić information content (AvgIpc) is 3.04. The first-order chi connectivity index (χ1) is 13.2. The van der Waals surface area contributed by atoms with Crippen molar-refractivity contribution in [3.05, 3.63) is 42.2 Å². The molecule has 4 N–H and O–H groups in total. The van der Waals surface area contributed by atoms with Crippen LogP contribution in [0.1, 0.15) is 38.2 Å². The van der Waals surface area contributed by atoms with E-state index in [2.05, 4.69) is 20.3 Å². The van der Waals surface area contributed by atoms with Gasteiger partial charge >= 0.3 is 6.18 Å². The molecular formula is C20H22F3N5. The Kier molecular flexibility index (Phi) is 4.53. The topological polar surface area (TPSA) is 79.6 Å². The lowest BCUT2D eigenvalue weighted by Crippen LogP contribution is -2.45. The van der Waals surface area contributed by atoms with Crippen LogP contribution in [0, 0.1) is 0 Å². The zero-order valence-corrected chi connectivity index (χ0v) is 15.5. The maximum Gasteiger partial charge on any atom is 0.419 e. The molecule has 1 aliphatic carbocycles. The molecule has 2 atom stereocenters. The van der Waals surface area contributed by atoms with Crippen LogP contribution in [-0.4, -0.2) is 26.5 Å². The molecule has 148 valence electrons. The number of halogens is 3. The third-order valence-corrected chi connectivity index (χ3v) is 5.28. The van der Waals surface area contributed by atoms with Crippen molar-refractivity contribution in [3.8, 4) is 11.3 Å². The van der Waals surface area contributed by atoms with E-state index < -0.39 is 11.7 Å². The summed E-state index contributed by atoms with van der Waals surface area (Å²) in [7, 11) is 0.